The molecule has 0 amide bonds. The second-order valence-corrected chi connectivity index (χ2v) is 7.89. The Hall–Kier alpha value is -1.22. The summed E-state index contributed by atoms with van der Waals surface area (Å²) in [5, 5.41) is 4.96. The third-order valence-electron chi connectivity index (χ3n) is 3.05. The fourth-order valence-corrected chi connectivity index (χ4v) is 3.80. The average Bonchev–Trinajstić information content (AvgIpc) is 2.38. The molecule has 20 heavy (non-hydrogen) atoms. The van der Waals surface area contributed by atoms with Crippen LogP contribution in [0, 0.1) is 0 Å². The van der Waals surface area contributed by atoms with Gasteiger partial charge in [-0.3, -0.25) is 0 Å². The smallest absolute Gasteiger partial charge is 0.225 e. The zero-order chi connectivity index (χ0) is 14.8. The van der Waals surface area contributed by atoms with Gasteiger partial charge in [-0.25, -0.2) is 26.7 Å². The molecule has 0 saturated heterocycles. The summed E-state index contributed by atoms with van der Waals surface area (Å²) in [5.74, 6) is 0. The fourth-order valence-electron chi connectivity index (χ4n) is 2.00. The minimum Gasteiger partial charge on any atom is -0.225 e. The van der Waals surface area contributed by atoms with E-state index in [0.717, 1.165) is 12.8 Å². The highest BCUT2D eigenvalue weighted by Crippen LogP contribution is 2.17. The molecule has 0 fully saturated rings. The maximum atomic E-state index is 12.1. The summed E-state index contributed by atoms with van der Waals surface area (Å²) in [6.45, 7) is 0. The molecule has 1 aliphatic carbocycles. The number of rotatable bonds is 4. The van der Waals surface area contributed by atoms with Crippen LogP contribution in [0.2, 0.25) is 0 Å². The van der Waals surface area contributed by atoms with Gasteiger partial charge in [0.15, 0.2) is 0 Å². The lowest BCUT2D eigenvalue weighted by atomic mass is 10.0. The van der Waals surface area contributed by atoms with Gasteiger partial charge in [-0.2, -0.15) is 0 Å². The maximum absolute atomic E-state index is 12.1. The number of nitrogens with two attached hydrogens (primary N) is 1. The molecule has 0 bridgehead atoms. The topological polar surface area (TPSA) is 106 Å². The van der Waals surface area contributed by atoms with Gasteiger partial charge in [-0.1, -0.05) is 12.2 Å². The molecule has 0 aliphatic heterocycles. The van der Waals surface area contributed by atoms with Gasteiger partial charge in [0.25, 0.3) is 0 Å². The lowest BCUT2D eigenvalue weighted by Crippen LogP contribution is -2.35. The quantitative estimate of drug-likeness (QED) is 0.798. The number of sulfonamides is 2. The number of hydrogen-bond acceptors (Lipinski definition) is 4. The highest BCUT2D eigenvalue weighted by atomic mass is 32.2. The van der Waals surface area contributed by atoms with E-state index in [4.69, 9.17) is 5.14 Å². The van der Waals surface area contributed by atoms with Crippen molar-refractivity contribution in [1.82, 2.24) is 4.72 Å². The van der Waals surface area contributed by atoms with Crippen LogP contribution in [0.15, 0.2) is 46.2 Å². The molecule has 0 heterocycles. The predicted octanol–water partition coefficient (Wildman–Crippen LogP) is 0.721. The third kappa shape index (κ3) is 3.66. The summed E-state index contributed by atoms with van der Waals surface area (Å²) in [7, 11) is -7.46. The van der Waals surface area contributed by atoms with E-state index in [1.807, 2.05) is 12.2 Å². The summed E-state index contributed by atoms with van der Waals surface area (Å²) in [4.78, 5) is -0.0866. The first kappa shape index (κ1) is 15.2. The third-order valence-corrected chi connectivity index (χ3v) is 5.52. The van der Waals surface area contributed by atoms with E-state index in [-0.39, 0.29) is 15.8 Å². The standard InChI is InChI=1S/C12H16N2O4S2/c13-19(15,16)11-6-8-12(9-7-11)20(17,18)14-10-4-2-1-3-5-10/h1-2,6-10,14H,3-5H2,(H2,13,15,16). The van der Waals surface area contributed by atoms with Crippen LogP contribution in [0.5, 0.6) is 0 Å². The van der Waals surface area contributed by atoms with Crippen LogP contribution in [0.1, 0.15) is 19.3 Å². The molecule has 3 N–H and O–H groups in total. The van der Waals surface area contributed by atoms with Gasteiger partial charge in [-0.15, -0.1) is 0 Å². The van der Waals surface area contributed by atoms with Crippen LogP contribution >= 0.6 is 0 Å². The van der Waals surface area contributed by atoms with Gasteiger partial charge in [0.05, 0.1) is 9.79 Å². The molecule has 1 atom stereocenters. The zero-order valence-corrected chi connectivity index (χ0v) is 12.3. The molecule has 110 valence electrons. The van der Waals surface area contributed by atoms with Gasteiger partial charge in [0.2, 0.25) is 20.0 Å². The van der Waals surface area contributed by atoms with Crippen molar-refractivity contribution < 1.29 is 16.8 Å². The van der Waals surface area contributed by atoms with Crippen molar-refractivity contribution in [2.45, 2.75) is 35.1 Å². The van der Waals surface area contributed by atoms with Gasteiger partial charge in [0, 0.05) is 6.04 Å². The number of allylic oxidation sites excluding steroid dienone is 1. The minimum atomic E-state index is -3.82. The summed E-state index contributed by atoms with van der Waals surface area (Å²) < 4.78 is 49.1. The average molecular weight is 316 g/mol. The highest BCUT2D eigenvalue weighted by Gasteiger charge is 2.20. The molecule has 8 heteroatoms. The van der Waals surface area contributed by atoms with E-state index in [2.05, 4.69) is 4.72 Å². The highest BCUT2D eigenvalue weighted by molar-refractivity contribution is 7.89. The monoisotopic (exact) mass is 316 g/mol. The molecular formula is C12H16N2O4S2. The van der Waals surface area contributed by atoms with Crippen LogP contribution in [-0.4, -0.2) is 22.9 Å². The van der Waals surface area contributed by atoms with E-state index in [0.29, 0.717) is 6.42 Å². The van der Waals surface area contributed by atoms with Crippen molar-refractivity contribution in [2.75, 3.05) is 0 Å². The first-order chi connectivity index (χ1) is 9.29. The molecule has 0 radical (unpaired) electrons. The van der Waals surface area contributed by atoms with Crippen LogP contribution in [0.4, 0.5) is 0 Å². The molecule has 1 aliphatic rings. The summed E-state index contributed by atoms with van der Waals surface area (Å²) >= 11 is 0. The second kappa shape index (κ2) is 5.65. The normalized spacial score (nSPS) is 19.9. The van der Waals surface area contributed by atoms with E-state index in [1.165, 1.54) is 24.3 Å². The predicted molar refractivity (Wildman–Crippen MR) is 74.9 cm³/mol. The van der Waals surface area contributed by atoms with Crippen molar-refractivity contribution in [3.63, 3.8) is 0 Å². The van der Waals surface area contributed by atoms with Crippen molar-refractivity contribution in [3.05, 3.63) is 36.4 Å². The Kier molecular flexibility index (Phi) is 4.28. The van der Waals surface area contributed by atoms with Gasteiger partial charge >= 0.3 is 0 Å². The van der Waals surface area contributed by atoms with Crippen molar-refractivity contribution in [1.29, 1.82) is 0 Å². The molecule has 6 nitrogen and oxygen atoms in total. The Balaban J connectivity index is 2.19. The van der Waals surface area contributed by atoms with Crippen molar-refractivity contribution in [2.24, 2.45) is 5.14 Å². The van der Waals surface area contributed by atoms with Crippen molar-refractivity contribution >= 4 is 20.0 Å². The Labute approximate surface area is 118 Å². The molecule has 1 aromatic carbocycles. The van der Waals surface area contributed by atoms with Gasteiger partial charge in [-0.05, 0) is 43.5 Å². The summed E-state index contributed by atoms with van der Waals surface area (Å²) in [6.07, 6.45) is 6.23. The summed E-state index contributed by atoms with van der Waals surface area (Å²) in [5.41, 5.74) is 0. The van der Waals surface area contributed by atoms with Crippen LogP contribution in [0.3, 0.4) is 0 Å². The number of benzene rings is 1. The Morgan fingerprint density at radius 1 is 1.00 bits per heavy atom. The summed E-state index contributed by atoms with van der Waals surface area (Å²) in [6, 6.07) is 4.72. The number of hydrogen-bond donors (Lipinski definition) is 2. The fraction of sp³-hybridized carbons (Fsp3) is 0.333. The van der Waals surface area contributed by atoms with Gasteiger partial charge < -0.3 is 0 Å². The maximum Gasteiger partial charge on any atom is 0.240 e. The number of primary sulfonamides is 1. The molecule has 0 spiro atoms. The van der Waals surface area contributed by atoms with Crippen LogP contribution in [-0.2, 0) is 20.0 Å². The van der Waals surface area contributed by atoms with E-state index < -0.39 is 20.0 Å². The zero-order valence-electron chi connectivity index (χ0n) is 10.7. The number of nitrogens with one attached hydrogen (secondary N) is 1. The Morgan fingerprint density at radius 2 is 1.60 bits per heavy atom. The van der Waals surface area contributed by atoms with E-state index in [1.54, 1.807) is 0 Å². The SMILES string of the molecule is NS(=O)(=O)c1ccc(S(=O)(=O)NC2CC=CCC2)cc1. The molecule has 2 rings (SSSR count). The Morgan fingerprint density at radius 3 is 2.10 bits per heavy atom. The first-order valence-electron chi connectivity index (χ1n) is 6.09. The second-order valence-electron chi connectivity index (χ2n) is 4.62. The molecule has 0 aromatic heterocycles. The molecule has 0 saturated carbocycles. The molecule has 1 unspecified atom stereocenters. The lowest BCUT2D eigenvalue weighted by molar-refractivity contribution is 0.522. The van der Waals surface area contributed by atoms with Crippen LogP contribution < -0.4 is 9.86 Å². The van der Waals surface area contributed by atoms with E-state index >= 15 is 0 Å². The molecule has 1 aromatic rings. The Bertz CT molecular complexity index is 706. The first-order valence-corrected chi connectivity index (χ1v) is 9.12. The minimum absolute atomic E-state index is 0.0273. The van der Waals surface area contributed by atoms with Crippen molar-refractivity contribution in [3.8, 4) is 0 Å². The van der Waals surface area contributed by atoms with E-state index in [9.17, 15) is 16.8 Å². The largest absolute Gasteiger partial charge is 0.240 e. The van der Waals surface area contributed by atoms with Crippen LogP contribution in [0.25, 0.3) is 0 Å². The lowest BCUT2D eigenvalue weighted by Gasteiger charge is -2.19. The molecular weight excluding hydrogens is 300 g/mol. The van der Waals surface area contributed by atoms with Gasteiger partial charge in [0.1, 0.15) is 0 Å².